The van der Waals surface area contributed by atoms with E-state index < -0.39 is 6.03 Å². The Labute approximate surface area is 116 Å². The zero-order valence-corrected chi connectivity index (χ0v) is 11.9. The molecule has 0 unspecified atom stereocenters. The predicted molar refractivity (Wildman–Crippen MR) is 74.5 cm³/mol. The summed E-state index contributed by atoms with van der Waals surface area (Å²) >= 11 is 4.63. The van der Waals surface area contributed by atoms with Crippen LogP contribution in [0.5, 0.6) is 5.75 Å². The van der Waals surface area contributed by atoms with E-state index in [2.05, 4.69) is 20.9 Å². The number of hydrogen-bond donors (Lipinski definition) is 1. The number of primary amides is 1. The number of urea groups is 1. The molecule has 1 heterocycles. The van der Waals surface area contributed by atoms with Crippen LogP contribution in [0, 0.1) is 0 Å². The molecule has 0 aliphatic carbocycles. The van der Waals surface area contributed by atoms with Crippen molar-refractivity contribution in [1.29, 1.82) is 0 Å². The van der Waals surface area contributed by atoms with Crippen LogP contribution in [-0.4, -0.2) is 18.1 Å². The first-order chi connectivity index (χ1) is 8.61. The molecule has 7 heteroatoms. The number of aromatic nitrogens is 1. The summed E-state index contributed by atoms with van der Waals surface area (Å²) in [6.07, 6.45) is 1.62. The Morgan fingerprint density at radius 1 is 1.44 bits per heavy atom. The van der Waals surface area contributed by atoms with Gasteiger partial charge >= 0.3 is 6.03 Å². The Kier molecular flexibility index (Phi) is 3.83. The Hall–Kier alpha value is -1.60. The number of carbonyl (C=O) groups is 1. The fourth-order valence-electron chi connectivity index (χ4n) is 1.41. The molecule has 2 aromatic rings. The molecule has 0 aliphatic heterocycles. The van der Waals surface area contributed by atoms with Gasteiger partial charge < -0.3 is 10.5 Å². The molecule has 2 amide bonds. The van der Waals surface area contributed by atoms with Crippen LogP contribution in [0.3, 0.4) is 0 Å². The summed E-state index contributed by atoms with van der Waals surface area (Å²) in [6, 6.07) is 6.43. The first-order valence-electron chi connectivity index (χ1n) is 4.97. The summed E-state index contributed by atoms with van der Waals surface area (Å²) in [6.45, 7) is 0. The number of hydrogen-bond acceptors (Lipinski definition) is 4. The summed E-state index contributed by atoms with van der Waals surface area (Å²) in [5.74, 6) is 0.712. The highest BCUT2D eigenvalue weighted by atomic mass is 79.9. The van der Waals surface area contributed by atoms with Crippen molar-refractivity contribution in [2.45, 2.75) is 0 Å². The number of amides is 2. The fourth-order valence-corrected chi connectivity index (χ4v) is 2.62. The van der Waals surface area contributed by atoms with E-state index in [4.69, 9.17) is 10.5 Å². The van der Waals surface area contributed by atoms with Gasteiger partial charge in [-0.1, -0.05) is 11.3 Å². The molecule has 5 nitrogen and oxygen atoms in total. The van der Waals surface area contributed by atoms with E-state index >= 15 is 0 Å². The van der Waals surface area contributed by atoms with E-state index in [1.807, 2.05) is 0 Å². The lowest BCUT2D eigenvalue weighted by atomic mass is 10.3. The number of carbonyl (C=O) groups excluding carboxylic acids is 1. The summed E-state index contributed by atoms with van der Waals surface area (Å²) < 4.78 is 5.89. The first kappa shape index (κ1) is 12.8. The van der Waals surface area contributed by atoms with E-state index in [9.17, 15) is 4.79 Å². The summed E-state index contributed by atoms with van der Waals surface area (Å²) in [5, 5.41) is 0.513. The van der Waals surface area contributed by atoms with Crippen LogP contribution in [0.2, 0.25) is 0 Å². The molecular weight excluding hydrogens is 318 g/mol. The molecule has 0 fully saturated rings. The number of halogens is 1. The topological polar surface area (TPSA) is 68.5 Å². The smallest absolute Gasteiger partial charge is 0.325 e. The lowest BCUT2D eigenvalue weighted by Crippen LogP contribution is -2.31. The molecule has 2 N–H and O–H groups in total. The van der Waals surface area contributed by atoms with Gasteiger partial charge in [-0.15, -0.1) is 0 Å². The van der Waals surface area contributed by atoms with E-state index in [1.165, 1.54) is 16.2 Å². The number of rotatable bonds is 3. The molecule has 94 valence electrons. The number of nitrogens with two attached hydrogens (primary N) is 1. The lowest BCUT2D eigenvalue weighted by molar-refractivity contribution is 0.256. The zero-order chi connectivity index (χ0) is 13.1. The minimum absolute atomic E-state index is 0.513. The van der Waals surface area contributed by atoms with Crippen molar-refractivity contribution in [3.63, 3.8) is 0 Å². The molecule has 2 rings (SSSR count). The van der Waals surface area contributed by atoms with Gasteiger partial charge in [0.2, 0.25) is 0 Å². The molecule has 1 aromatic heterocycles. The average Bonchev–Trinajstić information content (AvgIpc) is 2.76. The fraction of sp³-hybridized carbons (Fsp3) is 0.0909. The van der Waals surface area contributed by atoms with Crippen LogP contribution in [0.15, 0.2) is 34.2 Å². The van der Waals surface area contributed by atoms with Crippen molar-refractivity contribution >= 4 is 44.1 Å². The highest BCUT2D eigenvalue weighted by molar-refractivity contribution is 9.11. The normalized spacial score (nSPS) is 10.1. The van der Waals surface area contributed by atoms with Gasteiger partial charge in [-0.05, 0) is 40.2 Å². The predicted octanol–water partition coefficient (Wildman–Crippen LogP) is 3.13. The molecule has 18 heavy (non-hydrogen) atoms. The van der Waals surface area contributed by atoms with Crippen LogP contribution >= 0.6 is 27.3 Å². The van der Waals surface area contributed by atoms with Crippen LogP contribution in [-0.2, 0) is 0 Å². The summed E-state index contributed by atoms with van der Waals surface area (Å²) in [4.78, 5) is 17.0. The minimum atomic E-state index is -0.581. The average molecular weight is 328 g/mol. The third-order valence-corrected chi connectivity index (χ3v) is 3.67. The number of thiazole rings is 1. The van der Waals surface area contributed by atoms with Gasteiger partial charge in [0.05, 0.1) is 22.8 Å². The van der Waals surface area contributed by atoms with E-state index in [-0.39, 0.29) is 0 Å². The number of benzene rings is 1. The second-order valence-electron chi connectivity index (χ2n) is 3.32. The molecule has 0 spiro atoms. The molecule has 0 radical (unpaired) electrons. The van der Waals surface area contributed by atoms with Gasteiger partial charge in [0.15, 0.2) is 5.13 Å². The highest BCUT2D eigenvalue weighted by Crippen LogP contribution is 2.32. The van der Waals surface area contributed by atoms with E-state index in [0.717, 1.165) is 3.79 Å². The van der Waals surface area contributed by atoms with Gasteiger partial charge in [-0.3, -0.25) is 0 Å². The van der Waals surface area contributed by atoms with Crippen LogP contribution in [0.1, 0.15) is 0 Å². The first-order valence-corrected chi connectivity index (χ1v) is 6.57. The van der Waals surface area contributed by atoms with Crippen molar-refractivity contribution in [3.05, 3.63) is 34.2 Å². The number of ether oxygens (including phenoxy) is 1. The van der Waals surface area contributed by atoms with Gasteiger partial charge in [0.25, 0.3) is 0 Å². The highest BCUT2D eigenvalue weighted by Gasteiger charge is 2.18. The third-order valence-electron chi connectivity index (χ3n) is 2.21. The molecular formula is C11H10BrN3O2S. The maximum atomic E-state index is 11.5. The SMILES string of the molecule is COc1ccc(N(C(N)=O)c2ncc(Br)s2)cc1. The third kappa shape index (κ3) is 2.62. The lowest BCUT2D eigenvalue weighted by Gasteiger charge is -2.17. The van der Waals surface area contributed by atoms with Gasteiger partial charge in [-0.25, -0.2) is 14.7 Å². The van der Waals surface area contributed by atoms with Crippen molar-refractivity contribution in [2.75, 3.05) is 12.0 Å². The molecule has 0 bridgehead atoms. The second-order valence-corrected chi connectivity index (χ2v) is 5.71. The monoisotopic (exact) mass is 327 g/mol. The van der Waals surface area contributed by atoms with Crippen molar-refractivity contribution in [2.24, 2.45) is 5.73 Å². The summed E-state index contributed by atoms with van der Waals surface area (Å²) in [5.41, 5.74) is 6.03. The number of methoxy groups -OCH3 is 1. The summed E-state index contributed by atoms with van der Waals surface area (Å²) in [7, 11) is 1.58. The van der Waals surface area contributed by atoms with Gasteiger partial charge in [0, 0.05) is 0 Å². The number of nitrogens with zero attached hydrogens (tertiary/aromatic N) is 2. The Morgan fingerprint density at radius 2 is 2.11 bits per heavy atom. The van der Waals surface area contributed by atoms with E-state index in [1.54, 1.807) is 37.6 Å². The standard InChI is InChI=1S/C11H10BrN3O2S/c1-17-8-4-2-7(3-5-8)15(10(13)16)11-14-6-9(12)18-11/h2-6H,1H3,(H2,13,16). The molecule has 0 atom stereocenters. The minimum Gasteiger partial charge on any atom is -0.497 e. The molecule has 1 aromatic carbocycles. The van der Waals surface area contributed by atoms with Crippen LogP contribution < -0.4 is 15.4 Å². The molecule has 0 aliphatic rings. The second kappa shape index (κ2) is 5.36. The Bertz CT molecular complexity index is 556. The maximum Gasteiger partial charge on any atom is 0.325 e. The van der Waals surface area contributed by atoms with Crippen LogP contribution in [0.25, 0.3) is 0 Å². The van der Waals surface area contributed by atoms with Crippen molar-refractivity contribution in [3.8, 4) is 5.75 Å². The van der Waals surface area contributed by atoms with Crippen molar-refractivity contribution < 1.29 is 9.53 Å². The maximum absolute atomic E-state index is 11.5. The Morgan fingerprint density at radius 3 is 2.56 bits per heavy atom. The quantitative estimate of drug-likeness (QED) is 0.941. The van der Waals surface area contributed by atoms with Gasteiger partial charge in [0.1, 0.15) is 5.75 Å². The number of anilines is 2. The van der Waals surface area contributed by atoms with Gasteiger partial charge in [-0.2, -0.15) is 0 Å². The Balaban J connectivity index is 2.38. The van der Waals surface area contributed by atoms with Crippen LogP contribution in [0.4, 0.5) is 15.6 Å². The zero-order valence-electron chi connectivity index (χ0n) is 9.46. The largest absolute Gasteiger partial charge is 0.497 e. The molecule has 0 saturated heterocycles. The van der Waals surface area contributed by atoms with E-state index in [0.29, 0.717) is 16.6 Å². The van der Waals surface area contributed by atoms with Crippen molar-refractivity contribution in [1.82, 2.24) is 4.98 Å². The molecule has 0 saturated carbocycles.